The Bertz CT molecular complexity index is 784. The van der Waals surface area contributed by atoms with Gasteiger partial charge in [0, 0.05) is 10.6 Å². The van der Waals surface area contributed by atoms with Gasteiger partial charge in [0.2, 0.25) is 11.1 Å². The number of halogens is 5. The molecule has 3 N–H and O–H groups in total. The summed E-state index contributed by atoms with van der Waals surface area (Å²) in [6.45, 7) is 0.0255. The van der Waals surface area contributed by atoms with Gasteiger partial charge in [-0.2, -0.15) is 13.2 Å². The summed E-state index contributed by atoms with van der Waals surface area (Å²) in [6, 6.07) is 4.70. The molecule has 1 atom stereocenters. The minimum absolute atomic E-state index is 0.149. The maximum Gasteiger partial charge on any atom is 0.405 e. The quantitative estimate of drug-likeness (QED) is 0.580. The number of nitrogen functional groups attached to an aromatic ring is 1. The van der Waals surface area contributed by atoms with Crippen LogP contribution in [0.3, 0.4) is 0 Å². The lowest BCUT2D eigenvalue weighted by atomic mass is 10.2. The molecule has 0 bridgehead atoms. The van der Waals surface area contributed by atoms with Crippen molar-refractivity contribution in [3.05, 3.63) is 28.2 Å². The van der Waals surface area contributed by atoms with E-state index in [0.29, 0.717) is 15.6 Å². The van der Waals surface area contributed by atoms with Crippen molar-refractivity contribution in [2.45, 2.75) is 23.5 Å². The SMILES string of the molecule is CC(Sc1nnc(-c2ccc(Cl)cc2Cl)n1N)C(=O)NCC(F)(F)F. The molecular weight excluding hydrogens is 402 g/mol. The van der Waals surface area contributed by atoms with Gasteiger partial charge in [-0.1, -0.05) is 35.0 Å². The fourth-order valence-corrected chi connectivity index (χ4v) is 3.04. The molecule has 1 aromatic carbocycles. The van der Waals surface area contributed by atoms with E-state index in [-0.39, 0.29) is 11.0 Å². The zero-order chi connectivity index (χ0) is 18.8. The van der Waals surface area contributed by atoms with E-state index < -0.39 is 23.9 Å². The second-order valence-electron chi connectivity index (χ2n) is 4.89. The molecule has 0 radical (unpaired) electrons. The molecule has 0 saturated heterocycles. The van der Waals surface area contributed by atoms with Crippen LogP contribution in [0.2, 0.25) is 10.0 Å². The van der Waals surface area contributed by atoms with Crippen molar-refractivity contribution in [2.24, 2.45) is 0 Å². The summed E-state index contributed by atoms with van der Waals surface area (Å²) in [4.78, 5) is 11.7. The molecule has 0 aliphatic rings. The molecule has 0 fully saturated rings. The Balaban J connectivity index is 2.12. The van der Waals surface area contributed by atoms with E-state index in [1.54, 1.807) is 17.4 Å². The molecule has 2 aromatic rings. The summed E-state index contributed by atoms with van der Waals surface area (Å²) in [5.74, 6) is 5.34. The Morgan fingerprint density at radius 3 is 2.68 bits per heavy atom. The zero-order valence-electron chi connectivity index (χ0n) is 12.6. The van der Waals surface area contributed by atoms with Crippen LogP contribution in [-0.4, -0.2) is 38.8 Å². The number of benzene rings is 1. The maximum absolute atomic E-state index is 12.1. The van der Waals surface area contributed by atoms with Gasteiger partial charge in [-0.3, -0.25) is 4.79 Å². The summed E-state index contributed by atoms with van der Waals surface area (Å²) >= 11 is 12.8. The van der Waals surface area contributed by atoms with Gasteiger partial charge >= 0.3 is 6.18 Å². The summed E-state index contributed by atoms with van der Waals surface area (Å²) < 4.78 is 37.5. The zero-order valence-corrected chi connectivity index (χ0v) is 15.0. The summed E-state index contributed by atoms with van der Waals surface area (Å²) in [7, 11) is 0. The Kier molecular flexibility index (Phi) is 6.07. The van der Waals surface area contributed by atoms with Gasteiger partial charge in [0.05, 0.1) is 10.3 Å². The fraction of sp³-hybridized carbons (Fsp3) is 0.308. The number of rotatable bonds is 5. The third-order valence-electron chi connectivity index (χ3n) is 2.95. The van der Waals surface area contributed by atoms with Crippen LogP contribution in [0.4, 0.5) is 13.2 Å². The van der Waals surface area contributed by atoms with Crippen molar-refractivity contribution < 1.29 is 18.0 Å². The Morgan fingerprint density at radius 1 is 1.40 bits per heavy atom. The minimum Gasteiger partial charge on any atom is -0.346 e. The summed E-state index contributed by atoms with van der Waals surface area (Å²) in [5.41, 5.74) is 0.474. The van der Waals surface area contributed by atoms with E-state index >= 15 is 0 Å². The van der Waals surface area contributed by atoms with Gasteiger partial charge in [-0.25, -0.2) is 4.68 Å². The minimum atomic E-state index is -4.48. The smallest absolute Gasteiger partial charge is 0.346 e. The number of carbonyl (C=O) groups is 1. The summed E-state index contributed by atoms with van der Waals surface area (Å²) in [5, 5.41) is 9.57. The van der Waals surface area contributed by atoms with E-state index in [0.717, 1.165) is 16.4 Å². The molecule has 1 amide bonds. The first-order valence-corrected chi connectivity index (χ1v) is 8.39. The number of amides is 1. The lowest BCUT2D eigenvalue weighted by molar-refractivity contribution is -0.137. The molecule has 0 spiro atoms. The van der Waals surface area contributed by atoms with E-state index in [9.17, 15) is 18.0 Å². The van der Waals surface area contributed by atoms with Crippen LogP contribution in [0.25, 0.3) is 11.4 Å². The number of nitrogens with zero attached hydrogens (tertiary/aromatic N) is 3. The molecule has 25 heavy (non-hydrogen) atoms. The largest absolute Gasteiger partial charge is 0.405 e. The predicted octanol–water partition coefficient (Wildman–Crippen LogP) is 3.12. The van der Waals surface area contributed by atoms with Gasteiger partial charge in [-0.15, -0.1) is 10.2 Å². The number of aromatic nitrogens is 3. The molecule has 12 heteroatoms. The van der Waals surface area contributed by atoms with Crippen LogP contribution in [0.15, 0.2) is 23.4 Å². The van der Waals surface area contributed by atoms with Gasteiger partial charge in [-0.05, 0) is 25.1 Å². The molecular formula is C13H12Cl2F3N5OS. The molecule has 1 aromatic heterocycles. The molecule has 136 valence electrons. The van der Waals surface area contributed by atoms with Crippen molar-refractivity contribution in [3.8, 4) is 11.4 Å². The Morgan fingerprint density at radius 2 is 2.08 bits per heavy atom. The van der Waals surface area contributed by atoms with Crippen LogP contribution in [0, 0.1) is 0 Å². The molecule has 6 nitrogen and oxygen atoms in total. The van der Waals surface area contributed by atoms with E-state index in [1.807, 2.05) is 0 Å². The van der Waals surface area contributed by atoms with Crippen LogP contribution in [0.5, 0.6) is 0 Å². The third kappa shape index (κ3) is 5.16. The summed E-state index contributed by atoms with van der Waals surface area (Å²) in [6.07, 6.45) is -4.48. The highest BCUT2D eigenvalue weighted by Gasteiger charge is 2.29. The lowest BCUT2D eigenvalue weighted by Gasteiger charge is -2.13. The van der Waals surface area contributed by atoms with E-state index in [4.69, 9.17) is 29.0 Å². The number of hydrogen-bond donors (Lipinski definition) is 2. The number of nitrogens with two attached hydrogens (primary N) is 1. The Labute approximate surface area is 154 Å². The molecule has 0 aliphatic carbocycles. The average molecular weight is 414 g/mol. The van der Waals surface area contributed by atoms with Gasteiger partial charge < -0.3 is 11.2 Å². The fourth-order valence-electron chi connectivity index (χ4n) is 1.75. The van der Waals surface area contributed by atoms with Crippen molar-refractivity contribution in [1.29, 1.82) is 0 Å². The maximum atomic E-state index is 12.1. The standard InChI is InChI=1S/C13H12Cl2F3N5OS/c1-6(11(24)20-5-13(16,17)18)25-12-22-21-10(23(12)19)8-3-2-7(14)4-9(8)15/h2-4,6H,5,19H2,1H3,(H,20,24). The second-order valence-corrected chi connectivity index (χ2v) is 7.05. The van der Waals surface area contributed by atoms with Crippen LogP contribution in [-0.2, 0) is 4.79 Å². The number of hydrogen-bond acceptors (Lipinski definition) is 5. The van der Waals surface area contributed by atoms with Crippen molar-refractivity contribution in [3.63, 3.8) is 0 Å². The predicted molar refractivity (Wildman–Crippen MR) is 90.0 cm³/mol. The third-order valence-corrected chi connectivity index (χ3v) is 4.56. The van der Waals surface area contributed by atoms with Gasteiger partial charge in [0.1, 0.15) is 6.54 Å². The lowest BCUT2D eigenvalue weighted by Crippen LogP contribution is -2.38. The topological polar surface area (TPSA) is 85.8 Å². The molecule has 2 rings (SSSR count). The van der Waals surface area contributed by atoms with Crippen LogP contribution >= 0.6 is 35.0 Å². The number of alkyl halides is 3. The number of thioether (sulfide) groups is 1. The van der Waals surface area contributed by atoms with Crippen LogP contribution < -0.4 is 11.2 Å². The average Bonchev–Trinajstić information content (AvgIpc) is 2.85. The highest BCUT2D eigenvalue weighted by atomic mass is 35.5. The second kappa shape index (κ2) is 7.71. The molecule has 0 aliphatic heterocycles. The molecule has 0 saturated carbocycles. The molecule has 1 heterocycles. The van der Waals surface area contributed by atoms with Crippen molar-refractivity contribution in [1.82, 2.24) is 20.2 Å². The van der Waals surface area contributed by atoms with E-state index in [2.05, 4.69) is 10.2 Å². The number of carbonyl (C=O) groups excluding carboxylic acids is 1. The van der Waals surface area contributed by atoms with Crippen molar-refractivity contribution >= 4 is 40.9 Å². The first-order chi connectivity index (χ1) is 11.6. The monoisotopic (exact) mass is 413 g/mol. The highest BCUT2D eigenvalue weighted by molar-refractivity contribution is 8.00. The van der Waals surface area contributed by atoms with Crippen molar-refractivity contribution in [2.75, 3.05) is 12.4 Å². The highest BCUT2D eigenvalue weighted by Crippen LogP contribution is 2.31. The van der Waals surface area contributed by atoms with Gasteiger partial charge in [0.15, 0.2) is 5.82 Å². The number of nitrogens with one attached hydrogen (secondary N) is 1. The van der Waals surface area contributed by atoms with E-state index in [1.165, 1.54) is 13.0 Å². The van der Waals surface area contributed by atoms with Gasteiger partial charge in [0.25, 0.3) is 0 Å². The normalized spacial score (nSPS) is 12.9. The van der Waals surface area contributed by atoms with Crippen LogP contribution in [0.1, 0.15) is 6.92 Å². The first kappa shape index (κ1) is 19.7. The Hall–Kier alpha value is -1.65. The first-order valence-electron chi connectivity index (χ1n) is 6.75. The molecule has 1 unspecified atom stereocenters.